The van der Waals surface area contributed by atoms with Crippen LogP contribution in [0.25, 0.3) is 0 Å². The van der Waals surface area contributed by atoms with Gasteiger partial charge >= 0.3 is 0 Å². The van der Waals surface area contributed by atoms with Gasteiger partial charge in [-0.3, -0.25) is 9.69 Å². The monoisotopic (exact) mass is 339 g/mol. The summed E-state index contributed by atoms with van der Waals surface area (Å²) in [4.78, 5) is 14.4. The average Bonchev–Trinajstić information content (AvgIpc) is 3.03. The zero-order chi connectivity index (χ0) is 14.1. The molecule has 1 aliphatic carbocycles. The Labute approximate surface area is 127 Å². The minimum Gasteiger partial charge on any atom is -0.299 e. The highest BCUT2D eigenvalue weighted by molar-refractivity contribution is 9.10. The first kappa shape index (κ1) is 14.2. The van der Waals surface area contributed by atoms with Crippen molar-refractivity contribution in [3.63, 3.8) is 0 Å². The minimum absolute atomic E-state index is 0.213. The number of halogens is 2. The van der Waals surface area contributed by atoms with Crippen LogP contribution in [-0.4, -0.2) is 23.3 Å². The maximum Gasteiger partial charge on any atom is 0.137 e. The first-order valence-corrected chi connectivity index (χ1v) is 8.16. The number of rotatable bonds is 3. The van der Waals surface area contributed by atoms with Crippen molar-refractivity contribution in [2.75, 3.05) is 6.54 Å². The Morgan fingerprint density at radius 3 is 2.90 bits per heavy atom. The SMILES string of the molecule is O=C1CCCC1C1CCCN1Cc1cccc(F)c1Br. The molecule has 1 aliphatic heterocycles. The van der Waals surface area contributed by atoms with E-state index in [4.69, 9.17) is 0 Å². The summed E-state index contributed by atoms with van der Waals surface area (Å²) in [5, 5.41) is 0. The van der Waals surface area contributed by atoms with Crippen LogP contribution in [0.1, 0.15) is 37.7 Å². The molecule has 0 amide bonds. The minimum atomic E-state index is -0.213. The van der Waals surface area contributed by atoms with Gasteiger partial charge in [-0.15, -0.1) is 0 Å². The zero-order valence-corrected chi connectivity index (χ0v) is 13.0. The summed E-state index contributed by atoms with van der Waals surface area (Å²) in [6.07, 6.45) is 5.06. The molecule has 1 aromatic rings. The molecular formula is C16H19BrFNO. The van der Waals surface area contributed by atoms with Crippen LogP contribution in [-0.2, 0) is 11.3 Å². The fourth-order valence-corrected chi connectivity index (χ4v) is 4.03. The number of carbonyl (C=O) groups excluding carboxylic acids is 1. The second-order valence-corrected chi connectivity index (χ2v) is 6.65. The molecule has 0 spiro atoms. The van der Waals surface area contributed by atoms with Crippen molar-refractivity contribution >= 4 is 21.7 Å². The van der Waals surface area contributed by atoms with E-state index >= 15 is 0 Å². The quantitative estimate of drug-likeness (QED) is 0.831. The number of carbonyl (C=O) groups is 1. The number of hydrogen-bond donors (Lipinski definition) is 0. The van der Waals surface area contributed by atoms with E-state index in [0.29, 0.717) is 16.3 Å². The molecule has 2 atom stereocenters. The van der Waals surface area contributed by atoms with Crippen molar-refractivity contribution in [2.24, 2.45) is 5.92 Å². The first-order chi connectivity index (χ1) is 9.66. The van der Waals surface area contributed by atoms with Crippen LogP contribution in [0.5, 0.6) is 0 Å². The van der Waals surface area contributed by atoms with Crippen LogP contribution in [0.15, 0.2) is 22.7 Å². The highest BCUT2D eigenvalue weighted by atomic mass is 79.9. The predicted molar refractivity (Wildman–Crippen MR) is 79.9 cm³/mol. The summed E-state index contributed by atoms with van der Waals surface area (Å²) in [5.41, 5.74) is 0.974. The van der Waals surface area contributed by atoms with E-state index < -0.39 is 0 Å². The van der Waals surface area contributed by atoms with Crippen LogP contribution in [0.3, 0.4) is 0 Å². The lowest BCUT2D eigenvalue weighted by molar-refractivity contribution is -0.122. The van der Waals surface area contributed by atoms with Gasteiger partial charge in [0.25, 0.3) is 0 Å². The van der Waals surface area contributed by atoms with Gasteiger partial charge in [-0.05, 0) is 59.8 Å². The van der Waals surface area contributed by atoms with E-state index in [9.17, 15) is 9.18 Å². The predicted octanol–water partition coefficient (Wildman–Crippen LogP) is 3.92. The molecule has 0 N–H and O–H groups in total. The molecule has 1 saturated carbocycles. The van der Waals surface area contributed by atoms with Gasteiger partial charge in [0, 0.05) is 24.9 Å². The number of likely N-dealkylation sites (tertiary alicyclic amines) is 1. The lowest BCUT2D eigenvalue weighted by atomic mass is 9.95. The summed E-state index contributed by atoms with van der Waals surface area (Å²) >= 11 is 3.33. The molecule has 3 rings (SSSR count). The van der Waals surface area contributed by atoms with E-state index in [-0.39, 0.29) is 11.7 Å². The summed E-state index contributed by atoms with van der Waals surface area (Å²) < 4.78 is 14.2. The van der Waals surface area contributed by atoms with Gasteiger partial charge in [-0.1, -0.05) is 12.1 Å². The van der Waals surface area contributed by atoms with Crippen molar-refractivity contribution in [1.29, 1.82) is 0 Å². The molecule has 2 aliphatic rings. The fraction of sp³-hybridized carbons (Fsp3) is 0.562. The topological polar surface area (TPSA) is 20.3 Å². The highest BCUT2D eigenvalue weighted by Crippen LogP contribution is 2.35. The normalized spacial score (nSPS) is 27.4. The number of hydrogen-bond acceptors (Lipinski definition) is 2. The molecule has 4 heteroatoms. The summed E-state index contributed by atoms with van der Waals surface area (Å²) in [6.45, 7) is 1.74. The summed E-state index contributed by atoms with van der Waals surface area (Å²) in [5.74, 6) is 0.431. The van der Waals surface area contributed by atoms with E-state index in [1.165, 1.54) is 6.07 Å². The number of Topliss-reactive ketones (excluding diaryl/α,β-unsaturated/α-hetero) is 1. The molecule has 0 bridgehead atoms. The highest BCUT2D eigenvalue weighted by Gasteiger charge is 2.38. The Bertz CT molecular complexity index is 519. The van der Waals surface area contributed by atoms with Crippen molar-refractivity contribution in [1.82, 2.24) is 4.90 Å². The number of ketones is 1. The number of benzene rings is 1. The molecule has 2 unspecified atom stereocenters. The van der Waals surface area contributed by atoms with E-state index in [1.807, 2.05) is 6.07 Å². The van der Waals surface area contributed by atoms with Crippen LogP contribution < -0.4 is 0 Å². The third kappa shape index (κ3) is 2.68. The van der Waals surface area contributed by atoms with Crippen molar-refractivity contribution in [3.8, 4) is 0 Å². The molecule has 1 aromatic carbocycles. The molecule has 20 heavy (non-hydrogen) atoms. The Morgan fingerprint density at radius 2 is 2.15 bits per heavy atom. The second-order valence-electron chi connectivity index (χ2n) is 5.86. The van der Waals surface area contributed by atoms with Gasteiger partial charge < -0.3 is 0 Å². The third-order valence-electron chi connectivity index (χ3n) is 4.64. The zero-order valence-electron chi connectivity index (χ0n) is 11.4. The molecule has 0 radical (unpaired) electrons. The summed E-state index contributed by atoms with van der Waals surface area (Å²) in [6, 6.07) is 5.54. The van der Waals surface area contributed by atoms with Gasteiger partial charge in [-0.25, -0.2) is 4.39 Å². The molecule has 108 valence electrons. The van der Waals surface area contributed by atoms with Crippen LogP contribution in [0.4, 0.5) is 4.39 Å². The lowest BCUT2D eigenvalue weighted by Crippen LogP contribution is -2.37. The van der Waals surface area contributed by atoms with Gasteiger partial charge in [-0.2, -0.15) is 0 Å². The average molecular weight is 340 g/mol. The van der Waals surface area contributed by atoms with Gasteiger partial charge in [0.1, 0.15) is 11.6 Å². The van der Waals surface area contributed by atoms with E-state index in [0.717, 1.165) is 50.8 Å². The standard InChI is InChI=1S/C16H19BrFNO/c17-16-11(4-1-6-13(16)18)10-19-9-3-7-14(19)12-5-2-8-15(12)20/h1,4,6,12,14H,2-3,5,7-10H2. The van der Waals surface area contributed by atoms with Crippen molar-refractivity contribution < 1.29 is 9.18 Å². The largest absolute Gasteiger partial charge is 0.299 e. The first-order valence-electron chi connectivity index (χ1n) is 7.36. The van der Waals surface area contributed by atoms with E-state index in [2.05, 4.69) is 20.8 Å². The molecule has 1 saturated heterocycles. The van der Waals surface area contributed by atoms with Crippen LogP contribution in [0.2, 0.25) is 0 Å². The molecular weight excluding hydrogens is 321 g/mol. The molecule has 1 heterocycles. The third-order valence-corrected chi connectivity index (χ3v) is 5.52. The van der Waals surface area contributed by atoms with Gasteiger partial charge in [0.15, 0.2) is 0 Å². The Hall–Kier alpha value is -0.740. The van der Waals surface area contributed by atoms with Gasteiger partial charge in [0.2, 0.25) is 0 Å². The Morgan fingerprint density at radius 1 is 1.30 bits per heavy atom. The lowest BCUT2D eigenvalue weighted by Gasteiger charge is -2.28. The molecule has 0 aromatic heterocycles. The van der Waals surface area contributed by atoms with Crippen molar-refractivity contribution in [2.45, 2.75) is 44.7 Å². The van der Waals surface area contributed by atoms with Crippen LogP contribution in [0, 0.1) is 11.7 Å². The molecule has 2 fully saturated rings. The smallest absolute Gasteiger partial charge is 0.137 e. The maximum absolute atomic E-state index is 13.6. The Balaban J connectivity index is 1.76. The summed E-state index contributed by atoms with van der Waals surface area (Å²) in [7, 11) is 0. The van der Waals surface area contributed by atoms with Crippen LogP contribution >= 0.6 is 15.9 Å². The van der Waals surface area contributed by atoms with E-state index in [1.54, 1.807) is 6.07 Å². The maximum atomic E-state index is 13.6. The second kappa shape index (κ2) is 5.94. The molecule has 2 nitrogen and oxygen atoms in total. The number of nitrogens with zero attached hydrogens (tertiary/aromatic N) is 1. The van der Waals surface area contributed by atoms with Gasteiger partial charge in [0.05, 0.1) is 4.47 Å². The fourth-order valence-electron chi connectivity index (χ4n) is 3.64. The van der Waals surface area contributed by atoms with Crippen molar-refractivity contribution in [3.05, 3.63) is 34.1 Å². The Kier molecular flexibility index (Phi) is 4.22.